The topological polar surface area (TPSA) is 87.1 Å². The van der Waals surface area contributed by atoms with Crippen molar-refractivity contribution in [3.05, 3.63) is 46.5 Å². The highest BCUT2D eigenvalue weighted by Gasteiger charge is 2.73. The van der Waals surface area contributed by atoms with Crippen molar-refractivity contribution in [2.24, 2.45) is 62.1 Å². The number of carbonyl (C=O) groups is 2. The highest BCUT2D eigenvalue weighted by molar-refractivity contribution is 5.83. The number of fused-ring (bicyclic) bond motifs is 9. The molecule has 1 aromatic carbocycles. The molecule has 2 unspecified atom stereocenters. The van der Waals surface area contributed by atoms with Gasteiger partial charge in [0, 0.05) is 36.4 Å². The first-order valence-corrected chi connectivity index (χ1v) is 20.6. The number of aliphatic carboxylic acids is 1. The summed E-state index contributed by atoms with van der Waals surface area (Å²) in [7, 11) is 0. The molecule has 2 aliphatic heterocycles. The molecule has 6 nitrogen and oxygen atoms in total. The minimum atomic E-state index is -1.11. The molecule has 1 saturated heterocycles. The zero-order valence-electron chi connectivity index (χ0n) is 32.8. The van der Waals surface area contributed by atoms with Crippen LogP contribution in [0.3, 0.4) is 0 Å². The normalized spacial score (nSPS) is 45.1. The number of esters is 1. The molecule has 0 spiro atoms. The number of nitrogens with zero attached hydrogens (tertiary/aromatic N) is 1. The third kappa shape index (κ3) is 4.79. The van der Waals surface area contributed by atoms with Crippen molar-refractivity contribution in [2.75, 3.05) is 13.1 Å². The summed E-state index contributed by atoms with van der Waals surface area (Å²) >= 11 is 0. The van der Waals surface area contributed by atoms with Gasteiger partial charge in [-0.1, -0.05) is 83.9 Å². The fraction of sp³-hybridized carbons (Fsp3) is 0.778. The molecule has 11 atom stereocenters. The maximum Gasteiger partial charge on any atom is 0.310 e. The van der Waals surface area contributed by atoms with E-state index in [1.165, 1.54) is 11.1 Å². The van der Waals surface area contributed by atoms with E-state index in [1.807, 2.05) is 6.92 Å². The molecule has 0 bridgehead atoms. The summed E-state index contributed by atoms with van der Waals surface area (Å²) in [6.07, 6.45) is 10.0. The predicted octanol–water partition coefficient (Wildman–Crippen LogP) is 8.84. The number of aliphatic hydroxyl groups excluding tert-OH is 1. The summed E-state index contributed by atoms with van der Waals surface area (Å²) in [4.78, 5) is 28.4. The Balaban J connectivity index is 1.13. The number of carboxylic acids is 1. The van der Waals surface area contributed by atoms with Crippen LogP contribution in [0.4, 0.5) is 0 Å². The minimum absolute atomic E-state index is 0.0392. The molecular formula is C45H65NO5. The molecule has 280 valence electrons. The number of allylic oxidation sites excluding steroid dienone is 1. The van der Waals surface area contributed by atoms with Crippen molar-refractivity contribution in [3.63, 3.8) is 0 Å². The van der Waals surface area contributed by atoms with Crippen LogP contribution in [0.2, 0.25) is 0 Å². The second kappa shape index (κ2) is 11.7. The number of carbonyl (C=O) groups excluding carboxylic acids is 1. The van der Waals surface area contributed by atoms with E-state index in [9.17, 15) is 19.8 Å². The van der Waals surface area contributed by atoms with E-state index < -0.39 is 11.4 Å². The van der Waals surface area contributed by atoms with Crippen LogP contribution in [0.15, 0.2) is 35.4 Å². The van der Waals surface area contributed by atoms with Crippen LogP contribution in [0.5, 0.6) is 0 Å². The monoisotopic (exact) mass is 699 g/mol. The summed E-state index contributed by atoms with van der Waals surface area (Å²) in [6, 6.07) is 8.83. The van der Waals surface area contributed by atoms with Crippen molar-refractivity contribution in [1.82, 2.24) is 4.90 Å². The number of β-amino-alcohol motifs (C(OH)–C–C–N with tert-alkyl or cyclic N) is 1. The van der Waals surface area contributed by atoms with E-state index in [-0.39, 0.29) is 57.6 Å². The van der Waals surface area contributed by atoms with Gasteiger partial charge < -0.3 is 14.9 Å². The van der Waals surface area contributed by atoms with Crippen LogP contribution in [-0.2, 0) is 27.3 Å². The Morgan fingerprint density at radius 2 is 1.65 bits per heavy atom. The van der Waals surface area contributed by atoms with Crippen LogP contribution in [-0.4, -0.2) is 52.3 Å². The van der Waals surface area contributed by atoms with Gasteiger partial charge in [-0.05, 0) is 122 Å². The van der Waals surface area contributed by atoms with E-state index in [1.54, 1.807) is 11.1 Å². The first kappa shape index (κ1) is 35.8. The predicted molar refractivity (Wildman–Crippen MR) is 200 cm³/mol. The van der Waals surface area contributed by atoms with Gasteiger partial charge in [0.15, 0.2) is 0 Å². The van der Waals surface area contributed by atoms with Gasteiger partial charge in [0.2, 0.25) is 0 Å². The van der Waals surface area contributed by atoms with Gasteiger partial charge in [0.1, 0.15) is 6.10 Å². The zero-order valence-corrected chi connectivity index (χ0v) is 32.8. The highest BCUT2D eigenvalue weighted by Crippen LogP contribution is 2.78. The van der Waals surface area contributed by atoms with Crippen molar-refractivity contribution in [3.8, 4) is 0 Å². The van der Waals surface area contributed by atoms with Gasteiger partial charge in [-0.3, -0.25) is 14.5 Å². The fourth-order valence-corrected chi connectivity index (χ4v) is 15.2. The van der Waals surface area contributed by atoms with Crippen LogP contribution >= 0.6 is 0 Å². The molecule has 0 amide bonds. The van der Waals surface area contributed by atoms with Crippen molar-refractivity contribution >= 4 is 11.9 Å². The van der Waals surface area contributed by atoms with Crippen molar-refractivity contribution < 1.29 is 24.5 Å². The summed E-state index contributed by atoms with van der Waals surface area (Å²) in [5.74, 6) is 0.379. The molecule has 2 N–H and O–H groups in total. The zero-order chi connectivity index (χ0) is 36.5. The molecule has 51 heavy (non-hydrogen) atoms. The molecule has 8 rings (SSSR count). The number of ether oxygens (including phenoxy) is 1. The Hall–Kier alpha value is -2.18. The summed E-state index contributed by atoms with van der Waals surface area (Å²) in [6.45, 7) is 21.6. The second-order valence-electron chi connectivity index (χ2n) is 20.6. The average Bonchev–Trinajstić information content (AvgIpc) is 3.47. The summed E-state index contributed by atoms with van der Waals surface area (Å²) in [5.41, 5.74) is 4.77. The first-order chi connectivity index (χ1) is 23.9. The molecule has 5 fully saturated rings. The fourth-order valence-electron chi connectivity index (χ4n) is 15.2. The molecule has 0 radical (unpaired) electrons. The first-order valence-electron chi connectivity index (χ1n) is 20.6. The molecule has 0 aromatic heterocycles. The van der Waals surface area contributed by atoms with E-state index in [0.717, 1.165) is 83.8 Å². The largest absolute Gasteiger partial charge is 0.481 e. The molecule has 5 aliphatic carbocycles. The number of benzene rings is 1. The minimum Gasteiger partial charge on any atom is -0.481 e. The number of hydrogen-bond acceptors (Lipinski definition) is 5. The van der Waals surface area contributed by atoms with Gasteiger partial charge in [-0.25, -0.2) is 0 Å². The Labute approximate surface area is 307 Å². The Bertz CT molecular complexity index is 1650. The SMILES string of the molecule is CC(C)C1=C2[C@H]3CC[C@@H]4[C@@]5(C)CC6[C@H](OC(=O)CC6(C)C(=O)O)C(C)(C)[C@@H]5CC[C@@]4(C)[C@]3(C)CC[C@@]2([C@@H](O)CN2CCc3ccccc3C2)CC1. The van der Waals surface area contributed by atoms with Gasteiger partial charge in [-0.2, -0.15) is 0 Å². The smallest absolute Gasteiger partial charge is 0.310 e. The Morgan fingerprint density at radius 3 is 2.35 bits per heavy atom. The van der Waals surface area contributed by atoms with Gasteiger partial charge in [0.05, 0.1) is 17.9 Å². The number of hydrogen-bond donors (Lipinski definition) is 2. The summed E-state index contributed by atoms with van der Waals surface area (Å²) < 4.78 is 6.16. The third-order valence-electron chi connectivity index (χ3n) is 18.0. The van der Waals surface area contributed by atoms with Gasteiger partial charge in [0.25, 0.3) is 0 Å². The maximum absolute atomic E-state index is 13.0. The lowest BCUT2D eigenvalue weighted by molar-refractivity contribution is -0.266. The van der Waals surface area contributed by atoms with E-state index in [0.29, 0.717) is 23.7 Å². The Morgan fingerprint density at radius 1 is 0.922 bits per heavy atom. The molecule has 2 heterocycles. The van der Waals surface area contributed by atoms with Gasteiger partial charge in [-0.15, -0.1) is 0 Å². The van der Waals surface area contributed by atoms with E-state index in [4.69, 9.17) is 4.74 Å². The lowest BCUT2D eigenvalue weighted by Crippen LogP contribution is -2.69. The summed E-state index contributed by atoms with van der Waals surface area (Å²) in [5, 5.41) is 23.1. The maximum atomic E-state index is 13.0. The molecule has 1 aromatic rings. The average molecular weight is 700 g/mol. The number of carboxylic acid groups (broad SMARTS) is 1. The van der Waals surface area contributed by atoms with Crippen molar-refractivity contribution in [1.29, 1.82) is 0 Å². The standard InChI is InChI=1S/C45H65NO5/c1-27(2)30-15-19-45(35(47)26-46-22-17-28-11-9-10-12-29(28)25-46)21-20-43(7)31(37(30)45)13-14-34-42(6)23-32-38(51-36(48)24-41(32,5)39(49)50)40(3,4)33(42)16-18-44(34,43)8/h9-12,27,31-35,38,47H,13-26H2,1-8H3,(H,49,50)/t31-,32?,33+,34-,35+,38+,41?,42+,43-,44-,45-/m1/s1. The molecular weight excluding hydrogens is 634 g/mol. The molecule has 4 saturated carbocycles. The van der Waals surface area contributed by atoms with Crippen LogP contribution in [0.1, 0.15) is 131 Å². The van der Waals surface area contributed by atoms with E-state index in [2.05, 4.69) is 77.6 Å². The quantitative estimate of drug-likeness (QED) is 0.236. The van der Waals surface area contributed by atoms with Crippen LogP contribution in [0, 0.1) is 62.1 Å². The van der Waals surface area contributed by atoms with Crippen LogP contribution in [0.25, 0.3) is 0 Å². The highest BCUT2D eigenvalue weighted by atomic mass is 16.5. The lowest BCUT2D eigenvalue weighted by Gasteiger charge is -2.73. The molecule has 6 heteroatoms. The van der Waals surface area contributed by atoms with Gasteiger partial charge >= 0.3 is 11.9 Å². The van der Waals surface area contributed by atoms with Crippen molar-refractivity contribution in [2.45, 2.75) is 145 Å². The molecule has 7 aliphatic rings. The number of aliphatic hydroxyl groups is 1. The van der Waals surface area contributed by atoms with E-state index >= 15 is 0 Å². The Kier molecular flexibility index (Phi) is 8.19. The lowest BCUT2D eigenvalue weighted by atomic mass is 9.31. The number of rotatable bonds is 5. The third-order valence-corrected chi connectivity index (χ3v) is 18.0. The second-order valence-corrected chi connectivity index (χ2v) is 20.6. The van der Waals surface area contributed by atoms with Crippen LogP contribution < -0.4 is 0 Å².